The molecule has 1 heterocycles. The van der Waals surface area contributed by atoms with Crippen molar-refractivity contribution in [1.29, 1.82) is 0 Å². The first-order valence-corrected chi connectivity index (χ1v) is 17.7. The number of carbonyl (C=O) groups is 1. The monoisotopic (exact) mass is 642 g/mol. The summed E-state index contributed by atoms with van der Waals surface area (Å²) < 4.78 is 36.1. The van der Waals surface area contributed by atoms with E-state index in [0.29, 0.717) is 24.2 Å². The van der Waals surface area contributed by atoms with Gasteiger partial charge in [-0.25, -0.2) is 18.4 Å². The number of aromatic carboxylic acids is 1. The summed E-state index contributed by atoms with van der Waals surface area (Å²) in [6.07, 6.45) is 8.06. The number of carboxylic acid groups (broad SMARTS) is 1. The van der Waals surface area contributed by atoms with Gasteiger partial charge in [0.1, 0.15) is 5.75 Å². The number of nitrogens with two attached hydrogens (primary N) is 1. The van der Waals surface area contributed by atoms with Gasteiger partial charge in [-0.15, -0.1) is 0 Å². The number of allylic oxidation sites excluding steroid dienone is 1. The van der Waals surface area contributed by atoms with Crippen LogP contribution in [-0.2, 0) is 26.6 Å². The van der Waals surface area contributed by atoms with E-state index in [1.165, 1.54) is 16.7 Å². The highest BCUT2D eigenvalue weighted by atomic mass is 35.5. The Morgan fingerprint density at radius 1 is 1.25 bits per heavy atom. The second kappa shape index (κ2) is 11.6. The third-order valence-electron chi connectivity index (χ3n) is 10.9. The molecule has 3 N–H and O–H groups in total. The summed E-state index contributed by atoms with van der Waals surface area (Å²) in [4.78, 5) is 14.4. The molecular formula is C34H43ClN2O6S. The summed E-state index contributed by atoms with van der Waals surface area (Å²) in [5.41, 5.74) is 4.38. The molecule has 6 rings (SSSR count). The molecule has 6 atom stereocenters. The van der Waals surface area contributed by atoms with Crippen molar-refractivity contribution in [2.45, 2.75) is 63.9 Å². The molecule has 0 saturated heterocycles. The smallest absolute Gasteiger partial charge is 0.335 e. The van der Waals surface area contributed by atoms with E-state index in [9.17, 15) is 18.3 Å². The fraction of sp³-hybridized carbons (Fsp3) is 0.559. The average molecular weight is 643 g/mol. The van der Waals surface area contributed by atoms with Crippen molar-refractivity contribution in [2.24, 2.45) is 28.3 Å². The molecular weight excluding hydrogens is 600 g/mol. The molecule has 0 aromatic heterocycles. The molecule has 2 aromatic carbocycles. The van der Waals surface area contributed by atoms with Crippen LogP contribution in [0.3, 0.4) is 0 Å². The number of fused-ring (bicyclic) bond motifs is 3. The van der Waals surface area contributed by atoms with Crippen molar-refractivity contribution in [3.05, 3.63) is 69.8 Å². The number of ether oxygens (including phenoxy) is 2. The van der Waals surface area contributed by atoms with Crippen LogP contribution in [0.25, 0.3) is 0 Å². The molecule has 3 aliphatic carbocycles. The van der Waals surface area contributed by atoms with E-state index >= 15 is 0 Å². The molecule has 10 heteroatoms. The molecule has 8 nitrogen and oxygen atoms in total. The van der Waals surface area contributed by atoms with E-state index in [0.717, 1.165) is 62.3 Å². The molecule has 2 aromatic rings. The maximum Gasteiger partial charge on any atom is 0.335 e. The van der Waals surface area contributed by atoms with Gasteiger partial charge in [0, 0.05) is 30.6 Å². The topological polar surface area (TPSA) is 119 Å². The van der Waals surface area contributed by atoms with E-state index in [1.807, 2.05) is 13.0 Å². The molecule has 238 valence electrons. The van der Waals surface area contributed by atoms with Crippen molar-refractivity contribution in [3.8, 4) is 5.75 Å². The summed E-state index contributed by atoms with van der Waals surface area (Å²) in [5, 5.41) is 15.9. The van der Waals surface area contributed by atoms with Crippen LogP contribution in [0.4, 0.5) is 5.69 Å². The number of nitrogens with zero attached hydrogens (tertiary/aromatic N) is 1. The van der Waals surface area contributed by atoms with Crippen molar-refractivity contribution >= 4 is 33.3 Å². The van der Waals surface area contributed by atoms with Gasteiger partial charge in [-0.1, -0.05) is 37.6 Å². The Labute approximate surface area is 265 Å². The quantitative estimate of drug-likeness (QED) is 0.331. The lowest BCUT2D eigenvalue weighted by molar-refractivity contribution is -0.00460. The van der Waals surface area contributed by atoms with Gasteiger partial charge in [-0.05, 0) is 109 Å². The fourth-order valence-electron chi connectivity index (χ4n) is 8.22. The number of primary sulfonamides is 1. The van der Waals surface area contributed by atoms with E-state index in [2.05, 4.69) is 30.0 Å². The fourth-order valence-corrected chi connectivity index (χ4v) is 9.50. The lowest BCUT2D eigenvalue weighted by Gasteiger charge is -2.50. The van der Waals surface area contributed by atoms with Gasteiger partial charge in [-0.2, -0.15) is 0 Å². The van der Waals surface area contributed by atoms with Gasteiger partial charge in [0.05, 0.1) is 29.7 Å². The Hall–Kier alpha value is -2.59. The highest BCUT2D eigenvalue weighted by molar-refractivity contribution is 7.89. The molecule has 0 unspecified atom stereocenters. The molecule has 0 bridgehead atoms. The van der Waals surface area contributed by atoms with E-state index in [1.54, 1.807) is 25.3 Å². The molecule has 1 fully saturated rings. The van der Waals surface area contributed by atoms with Crippen molar-refractivity contribution < 1.29 is 27.8 Å². The van der Waals surface area contributed by atoms with Gasteiger partial charge >= 0.3 is 5.97 Å². The van der Waals surface area contributed by atoms with Crippen LogP contribution in [0.1, 0.15) is 67.4 Å². The number of halogens is 1. The largest absolute Gasteiger partial charge is 0.490 e. The minimum Gasteiger partial charge on any atom is -0.490 e. The first-order chi connectivity index (χ1) is 20.8. The maximum atomic E-state index is 12.0. The van der Waals surface area contributed by atoms with Crippen molar-refractivity contribution in [2.75, 3.05) is 37.5 Å². The molecule has 0 radical (unpaired) electrons. The Bertz CT molecular complexity index is 1590. The van der Waals surface area contributed by atoms with Crippen LogP contribution in [-0.4, -0.2) is 58.2 Å². The molecule has 1 aliphatic heterocycles. The zero-order valence-corrected chi connectivity index (χ0v) is 27.3. The molecule has 0 amide bonds. The number of methoxy groups -OCH3 is 1. The first-order valence-electron chi connectivity index (χ1n) is 15.6. The Kier molecular flexibility index (Phi) is 8.31. The van der Waals surface area contributed by atoms with Crippen LogP contribution >= 0.6 is 11.6 Å². The number of aryl methyl sites for hydroxylation is 1. The second-order valence-electron chi connectivity index (χ2n) is 13.9. The van der Waals surface area contributed by atoms with Crippen LogP contribution in [0.5, 0.6) is 5.75 Å². The first kappa shape index (κ1) is 31.4. The third-order valence-corrected chi connectivity index (χ3v) is 12.1. The van der Waals surface area contributed by atoms with Gasteiger partial charge in [0.25, 0.3) is 0 Å². The predicted molar refractivity (Wildman–Crippen MR) is 172 cm³/mol. The maximum absolute atomic E-state index is 12.0. The number of benzene rings is 2. The SMILES string of the molecule is CO[C@@H](C1=C[C@@](C)([C@H](C)CS(N)(=O)=O)C1)[C@@H]1CC[C@H]1CN1C[C@@]2(CCCc3cc(Cl)ccc32)COc2ccc(C(=O)O)cc21. The summed E-state index contributed by atoms with van der Waals surface area (Å²) in [7, 11) is -1.79. The van der Waals surface area contributed by atoms with Crippen molar-refractivity contribution in [1.82, 2.24) is 0 Å². The lowest BCUT2D eigenvalue weighted by Crippen LogP contribution is -2.51. The van der Waals surface area contributed by atoms with Gasteiger partial charge < -0.3 is 19.5 Å². The Morgan fingerprint density at radius 2 is 2.02 bits per heavy atom. The molecule has 1 saturated carbocycles. The number of sulfonamides is 1. The molecule has 44 heavy (non-hydrogen) atoms. The van der Waals surface area contributed by atoms with Gasteiger partial charge in [0.2, 0.25) is 10.0 Å². The highest BCUT2D eigenvalue weighted by Gasteiger charge is 2.48. The molecule has 1 spiro atoms. The van der Waals surface area contributed by atoms with Crippen LogP contribution in [0.2, 0.25) is 5.02 Å². The summed E-state index contributed by atoms with van der Waals surface area (Å²) >= 11 is 6.40. The number of carboxylic acids is 1. The zero-order valence-electron chi connectivity index (χ0n) is 25.7. The van der Waals surface area contributed by atoms with E-state index in [4.69, 9.17) is 26.2 Å². The van der Waals surface area contributed by atoms with Crippen LogP contribution < -0.4 is 14.8 Å². The summed E-state index contributed by atoms with van der Waals surface area (Å²) in [6, 6.07) is 11.4. The third kappa shape index (κ3) is 5.88. The predicted octanol–water partition coefficient (Wildman–Crippen LogP) is 5.81. The van der Waals surface area contributed by atoms with Gasteiger partial charge in [0.15, 0.2) is 0 Å². The standard InChI is InChI=1S/C34H43ClN2O6S/c1-21(18-44(36,40)41)33(2)15-25(16-33)31(42-3)27-9-6-24(27)17-37-19-34(12-4-5-22-13-26(35)8-10-28(22)34)20-43-30-11-7-23(32(38)39)14-29(30)37/h7-8,10-11,13-15,21,24,27,31H,4-6,9,12,16-20H2,1-3H3,(H,38,39)(H2,36,40,41)/t21-,24+,27-,31+,33-,34+/m1/s1. The Balaban J connectivity index is 1.28. The summed E-state index contributed by atoms with van der Waals surface area (Å²) in [5.74, 6) is 0.295. The normalized spacial score (nSPS) is 29.2. The van der Waals surface area contributed by atoms with E-state index < -0.39 is 16.0 Å². The minimum atomic E-state index is -3.55. The average Bonchev–Trinajstić information content (AvgIpc) is 3.08. The summed E-state index contributed by atoms with van der Waals surface area (Å²) in [6.45, 7) is 6.06. The number of hydrogen-bond acceptors (Lipinski definition) is 6. The number of rotatable bonds is 9. The van der Waals surface area contributed by atoms with E-state index in [-0.39, 0.29) is 34.2 Å². The highest BCUT2D eigenvalue weighted by Crippen LogP contribution is 2.52. The van der Waals surface area contributed by atoms with Crippen LogP contribution in [0.15, 0.2) is 48.0 Å². The number of anilines is 1. The minimum absolute atomic E-state index is 0.0388. The molecule has 4 aliphatic rings. The van der Waals surface area contributed by atoms with Crippen molar-refractivity contribution in [3.63, 3.8) is 0 Å². The van der Waals surface area contributed by atoms with Crippen LogP contribution in [0, 0.1) is 23.2 Å². The van der Waals surface area contributed by atoms with Gasteiger partial charge in [-0.3, -0.25) is 0 Å². The zero-order chi connectivity index (χ0) is 31.4. The second-order valence-corrected chi connectivity index (χ2v) is 16.0. The Morgan fingerprint density at radius 3 is 2.68 bits per heavy atom. The lowest BCUT2D eigenvalue weighted by atomic mass is 9.60. The number of hydrogen-bond donors (Lipinski definition) is 2.